The third-order valence-corrected chi connectivity index (χ3v) is 4.65. The average Bonchev–Trinajstić information content (AvgIpc) is 2.61. The molecule has 1 heterocycles. The summed E-state index contributed by atoms with van der Waals surface area (Å²) in [5.41, 5.74) is 11.2. The van der Waals surface area contributed by atoms with Crippen LogP contribution in [0.25, 0.3) is 22.4 Å². The van der Waals surface area contributed by atoms with E-state index in [1.165, 1.54) is 10.5 Å². The van der Waals surface area contributed by atoms with Crippen LogP contribution in [0.5, 0.6) is 0 Å². The molecular formula is C20H17N3S. The van der Waals surface area contributed by atoms with Gasteiger partial charge in [0.2, 0.25) is 0 Å². The van der Waals surface area contributed by atoms with Gasteiger partial charge < -0.3 is 5.73 Å². The summed E-state index contributed by atoms with van der Waals surface area (Å²) < 4.78 is 0. The first-order valence-electron chi connectivity index (χ1n) is 7.54. The number of nitriles is 1. The first-order valence-corrected chi connectivity index (χ1v) is 8.77. The molecule has 1 aromatic heterocycles. The number of nitrogens with two attached hydrogens (primary N) is 1. The molecular weight excluding hydrogens is 314 g/mol. The first kappa shape index (κ1) is 16.1. The molecule has 0 bridgehead atoms. The SMILES string of the molecule is CSc1ccc(-c2cc(-c3ccc(C)cc3)nc(N)c2C#N)cc1. The van der Waals surface area contributed by atoms with Gasteiger partial charge in [0.25, 0.3) is 0 Å². The topological polar surface area (TPSA) is 62.7 Å². The molecule has 24 heavy (non-hydrogen) atoms. The van der Waals surface area contributed by atoms with Crippen molar-refractivity contribution in [2.75, 3.05) is 12.0 Å². The molecule has 0 fully saturated rings. The largest absolute Gasteiger partial charge is 0.383 e. The Bertz CT molecular complexity index is 907. The van der Waals surface area contributed by atoms with E-state index in [2.05, 4.69) is 11.1 Å². The molecule has 2 aromatic carbocycles. The summed E-state index contributed by atoms with van der Waals surface area (Å²) >= 11 is 1.69. The Labute approximate surface area is 146 Å². The number of nitrogen functional groups attached to an aromatic ring is 1. The summed E-state index contributed by atoms with van der Waals surface area (Å²) in [5.74, 6) is 0.263. The molecule has 0 amide bonds. The minimum Gasteiger partial charge on any atom is -0.383 e. The summed E-state index contributed by atoms with van der Waals surface area (Å²) in [6.07, 6.45) is 2.04. The van der Waals surface area contributed by atoms with Crippen molar-refractivity contribution in [2.45, 2.75) is 11.8 Å². The van der Waals surface area contributed by atoms with Gasteiger partial charge in [-0.2, -0.15) is 5.26 Å². The van der Waals surface area contributed by atoms with Gasteiger partial charge >= 0.3 is 0 Å². The van der Waals surface area contributed by atoms with Crippen molar-refractivity contribution in [1.82, 2.24) is 4.98 Å². The Morgan fingerprint density at radius 3 is 2.21 bits per heavy atom. The second kappa shape index (κ2) is 6.77. The quantitative estimate of drug-likeness (QED) is 0.693. The lowest BCUT2D eigenvalue weighted by molar-refractivity contribution is 1.30. The molecule has 0 saturated heterocycles. The number of anilines is 1. The minimum absolute atomic E-state index is 0.263. The number of aromatic nitrogens is 1. The van der Waals surface area contributed by atoms with E-state index in [4.69, 9.17) is 5.73 Å². The standard InChI is InChI=1S/C20H17N3S/c1-13-3-5-15(6-4-13)19-11-17(18(12-21)20(22)23-19)14-7-9-16(24-2)10-8-14/h3-11H,1-2H3,(H2,22,23). The van der Waals surface area contributed by atoms with Gasteiger partial charge in [-0.3, -0.25) is 0 Å². The summed E-state index contributed by atoms with van der Waals surface area (Å²) in [7, 11) is 0. The van der Waals surface area contributed by atoms with Crippen molar-refractivity contribution >= 4 is 17.6 Å². The Kier molecular flexibility index (Phi) is 4.54. The summed E-state index contributed by atoms with van der Waals surface area (Å²) in [4.78, 5) is 5.59. The third kappa shape index (κ3) is 3.12. The van der Waals surface area contributed by atoms with Crippen molar-refractivity contribution in [2.24, 2.45) is 0 Å². The van der Waals surface area contributed by atoms with Gasteiger partial charge in [-0.1, -0.05) is 42.0 Å². The van der Waals surface area contributed by atoms with Crippen LogP contribution < -0.4 is 5.73 Å². The molecule has 0 aliphatic rings. The normalized spacial score (nSPS) is 10.4. The molecule has 0 saturated carbocycles. The van der Waals surface area contributed by atoms with Crippen molar-refractivity contribution in [3.8, 4) is 28.5 Å². The van der Waals surface area contributed by atoms with E-state index in [1.807, 2.05) is 67.8 Å². The number of pyridine rings is 1. The average molecular weight is 331 g/mol. The zero-order valence-electron chi connectivity index (χ0n) is 13.6. The van der Waals surface area contributed by atoms with Crippen LogP contribution in [-0.2, 0) is 0 Å². The molecule has 0 spiro atoms. The van der Waals surface area contributed by atoms with E-state index in [-0.39, 0.29) is 5.82 Å². The number of nitrogens with zero attached hydrogens (tertiary/aromatic N) is 2. The zero-order valence-corrected chi connectivity index (χ0v) is 14.4. The van der Waals surface area contributed by atoms with E-state index < -0.39 is 0 Å². The maximum Gasteiger partial charge on any atom is 0.142 e. The Hall–Kier alpha value is -2.77. The lowest BCUT2D eigenvalue weighted by Gasteiger charge is -2.11. The highest BCUT2D eigenvalue weighted by molar-refractivity contribution is 7.98. The fourth-order valence-corrected chi connectivity index (χ4v) is 2.96. The van der Waals surface area contributed by atoms with Crippen molar-refractivity contribution in [1.29, 1.82) is 5.26 Å². The predicted molar refractivity (Wildman–Crippen MR) is 101 cm³/mol. The maximum atomic E-state index is 9.49. The molecule has 0 aliphatic carbocycles. The number of aryl methyl sites for hydroxylation is 1. The fraction of sp³-hybridized carbons (Fsp3) is 0.100. The van der Waals surface area contributed by atoms with Gasteiger partial charge in [0, 0.05) is 16.0 Å². The lowest BCUT2D eigenvalue weighted by atomic mass is 9.98. The van der Waals surface area contributed by atoms with E-state index in [1.54, 1.807) is 11.8 Å². The Morgan fingerprint density at radius 2 is 1.62 bits per heavy atom. The number of thioether (sulfide) groups is 1. The van der Waals surface area contributed by atoms with Crippen molar-refractivity contribution < 1.29 is 0 Å². The number of benzene rings is 2. The summed E-state index contributed by atoms with van der Waals surface area (Å²) in [6.45, 7) is 2.04. The second-order valence-electron chi connectivity index (χ2n) is 5.52. The zero-order chi connectivity index (χ0) is 17.1. The Morgan fingerprint density at radius 1 is 1.00 bits per heavy atom. The van der Waals surface area contributed by atoms with Crippen LogP contribution in [0.2, 0.25) is 0 Å². The van der Waals surface area contributed by atoms with Gasteiger partial charge in [0.15, 0.2) is 0 Å². The molecule has 2 N–H and O–H groups in total. The van der Waals surface area contributed by atoms with E-state index in [0.717, 1.165) is 22.4 Å². The molecule has 0 atom stereocenters. The van der Waals surface area contributed by atoms with Gasteiger partial charge in [0.05, 0.1) is 5.69 Å². The second-order valence-corrected chi connectivity index (χ2v) is 6.40. The third-order valence-electron chi connectivity index (χ3n) is 3.91. The van der Waals surface area contributed by atoms with Crippen LogP contribution in [0.15, 0.2) is 59.5 Å². The van der Waals surface area contributed by atoms with Gasteiger partial charge in [-0.05, 0) is 36.9 Å². The van der Waals surface area contributed by atoms with E-state index in [0.29, 0.717) is 5.56 Å². The van der Waals surface area contributed by atoms with Crippen molar-refractivity contribution in [3.05, 3.63) is 65.7 Å². The number of hydrogen-bond donors (Lipinski definition) is 1. The highest BCUT2D eigenvalue weighted by Crippen LogP contribution is 2.32. The predicted octanol–water partition coefficient (Wildman–Crippen LogP) is 4.90. The molecule has 118 valence electrons. The van der Waals surface area contributed by atoms with Crippen LogP contribution >= 0.6 is 11.8 Å². The first-order chi connectivity index (χ1) is 11.6. The number of rotatable bonds is 3. The molecule has 0 radical (unpaired) electrons. The number of hydrogen-bond acceptors (Lipinski definition) is 4. The highest BCUT2D eigenvalue weighted by atomic mass is 32.2. The molecule has 3 nitrogen and oxygen atoms in total. The van der Waals surface area contributed by atoms with Gasteiger partial charge in [-0.25, -0.2) is 4.98 Å². The molecule has 0 unspecified atom stereocenters. The summed E-state index contributed by atoms with van der Waals surface area (Å²) in [6, 6.07) is 20.4. The van der Waals surface area contributed by atoms with Gasteiger partial charge in [-0.15, -0.1) is 11.8 Å². The van der Waals surface area contributed by atoms with Crippen molar-refractivity contribution in [3.63, 3.8) is 0 Å². The maximum absolute atomic E-state index is 9.49. The smallest absolute Gasteiger partial charge is 0.142 e. The van der Waals surface area contributed by atoms with E-state index >= 15 is 0 Å². The summed E-state index contributed by atoms with van der Waals surface area (Å²) in [5, 5.41) is 9.49. The molecule has 3 aromatic rings. The van der Waals surface area contributed by atoms with Crippen LogP contribution in [0.1, 0.15) is 11.1 Å². The lowest BCUT2D eigenvalue weighted by Crippen LogP contribution is -1.99. The van der Waals surface area contributed by atoms with Crippen LogP contribution in [-0.4, -0.2) is 11.2 Å². The minimum atomic E-state index is 0.263. The molecule has 3 rings (SSSR count). The van der Waals surface area contributed by atoms with Crippen LogP contribution in [0.3, 0.4) is 0 Å². The molecule has 0 aliphatic heterocycles. The highest BCUT2D eigenvalue weighted by Gasteiger charge is 2.13. The van der Waals surface area contributed by atoms with Crippen LogP contribution in [0.4, 0.5) is 5.82 Å². The monoisotopic (exact) mass is 331 g/mol. The van der Waals surface area contributed by atoms with Gasteiger partial charge in [0.1, 0.15) is 17.5 Å². The van der Waals surface area contributed by atoms with E-state index in [9.17, 15) is 5.26 Å². The molecule has 4 heteroatoms. The Balaban J connectivity index is 2.16. The fourth-order valence-electron chi connectivity index (χ4n) is 2.55. The van der Waals surface area contributed by atoms with Crippen LogP contribution in [0, 0.1) is 18.3 Å².